The first-order valence-corrected chi connectivity index (χ1v) is 6.27. The van der Waals surface area contributed by atoms with Gasteiger partial charge in [-0.15, -0.1) is 0 Å². The average Bonchev–Trinajstić information content (AvgIpc) is 2.46. The highest BCUT2D eigenvalue weighted by Crippen LogP contribution is 2.00. The summed E-state index contributed by atoms with van der Waals surface area (Å²) < 4.78 is 4.79. The minimum Gasteiger partial charge on any atom is -0.383 e. The van der Waals surface area contributed by atoms with Crippen molar-refractivity contribution in [2.24, 2.45) is 0 Å². The number of ether oxygens (including phenoxy) is 1. The van der Waals surface area contributed by atoms with Gasteiger partial charge in [-0.2, -0.15) is 0 Å². The molecule has 0 fully saturated rings. The maximum Gasteiger partial charge on any atom is 0.271 e. The van der Waals surface area contributed by atoms with Gasteiger partial charge in [0.2, 0.25) is 5.91 Å². The summed E-state index contributed by atoms with van der Waals surface area (Å²) in [5.74, 6) is -0.128. The third kappa shape index (κ3) is 5.61. The van der Waals surface area contributed by atoms with E-state index in [-0.39, 0.29) is 18.1 Å². The van der Waals surface area contributed by atoms with Crippen molar-refractivity contribution in [2.75, 3.05) is 38.7 Å². The smallest absolute Gasteiger partial charge is 0.271 e. The van der Waals surface area contributed by atoms with E-state index in [1.54, 1.807) is 7.11 Å². The Bertz CT molecular complexity index is 435. The first-order valence-electron chi connectivity index (χ1n) is 6.27. The van der Waals surface area contributed by atoms with Gasteiger partial charge in [-0.05, 0) is 6.92 Å². The quantitative estimate of drug-likeness (QED) is 0.550. The molecular formula is C12H19N5O3. The number of nitrogens with zero attached hydrogens (tertiary/aromatic N) is 2. The number of carbonyl (C=O) groups is 2. The zero-order valence-corrected chi connectivity index (χ0v) is 11.6. The molecule has 1 rings (SSSR count). The maximum absolute atomic E-state index is 11.7. The Balaban J connectivity index is 2.36. The van der Waals surface area contributed by atoms with Crippen LogP contribution in [0.25, 0.3) is 0 Å². The Labute approximate surface area is 117 Å². The Morgan fingerprint density at radius 2 is 2.05 bits per heavy atom. The number of aromatic nitrogens is 2. The predicted molar refractivity (Wildman–Crippen MR) is 73.4 cm³/mol. The van der Waals surface area contributed by atoms with E-state index in [0.29, 0.717) is 19.0 Å². The van der Waals surface area contributed by atoms with Crippen molar-refractivity contribution < 1.29 is 14.3 Å². The van der Waals surface area contributed by atoms with Crippen LogP contribution >= 0.6 is 0 Å². The fraction of sp³-hybridized carbons (Fsp3) is 0.500. The van der Waals surface area contributed by atoms with Gasteiger partial charge in [-0.3, -0.25) is 9.59 Å². The van der Waals surface area contributed by atoms with Crippen molar-refractivity contribution in [2.45, 2.75) is 6.92 Å². The van der Waals surface area contributed by atoms with Crippen molar-refractivity contribution in [1.29, 1.82) is 0 Å². The van der Waals surface area contributed by atoms with Gasteiger partial charge in [-0.25, -0.2) is 9.97 Å². The lowest BCUT2D eigenvalue weighted by atomic mass is 10.4. The average molecular weight is 281 g/mol. The molecule has 1 heterocycles. The molecule has 0 bridgehead atoms. The summed E-state index contributed by atoms with van der Waals surface area (Å²) in [5, 5.41) is 8.03. The van der Waals surface area contributed by atoms with E-state index in [4.69, 9.17) is 4.74 Å². The van der Waals surface area contributed by atoms with E-state index in [1.165, 1.54) is 12.4 Å². The van der Waals surface area contributed by atoms with Crippen molar-refractivity contribution in [3.63, 3.8) is 0 Å². The highest BCUT2D eigenvalue weighted by atomic mass is 16.5. The van der Waals surface area contributed by atoms with Crippen LogP contribution in [0.5, 0.6) is 0 Å². The van der Waals surface area contributed by atoms with Gasteiger partial charge in [0.25, 0.3) is 5.91 Å². The minimum atomic E-state index is -0.442. The summed E-state index contributed by atoms with van der Waals surface area (Å²) >= 11 is 0. The van der Waals surface area contributed by atoms with Crippen molar-refractivity contribution in [1.82, 2.24) is 20.6 Å². The van der Waals surface area contributed by atoms with Crippen LogP contribution in [-0.4, -0.2) is 55.1 Å². The standard InChI is InChI=1S/C12H19N5O3/c1-3-13-10-7-15-9(6-16-10)12(19)17-8-11(18)14-4-5-20-2/h6-7H,3-5,8H2,1-2H3,(H,13,16)(H,14,18)(H,17,19). The van der Waals surface area contributed by atoms with Gasteiger partial charge in [0.05, 0.1) is 25.5 Å². The molecule has 0 saturated heterocycles. The maximum atomic E-state index is 11.7. The van der Waals surface area contributed by atoms with Crippen LogP contribution in [0.4, 0.5) is 5.82 Å². The van der Waals surface area contributed by atoms with Gasteiger partial charge in [0.1, 0.15) is 11.5 Å². The molecule has 0 aromatic carbocycles. The third-order valence-corrected chi connectivity index (χ3v) is 2.28. The number of rotatable bonds is 8. The van der Waals surface area contributed by atoms with E-state index in [0.717, 1.165) is 6.54 Å². The Hall–Kier alpha value is -2.22. The molecule has 0 aliphatic heterocycles. The highest BCUT2D eigenvalue weighted by molar-refractivity contribution is 5.94. The molecule has 0 spiro atoms. The zero-order valence-electron chi connectivity index (χ0n) is 11.6. The van der Waals surface area contributed by atoms with Crippen LogP contribution < -0.4 is 16.0 Å². The van der Waals surface area contributed by atoms with Crippen molar-refractivity contribution in [3.8, 4) is 0 Å². The molecule has 8 nitrogen and oxygen atoms in total. The molecule has 0 aliphatic carbocycles. The van der Waals surface area contributed by atoms with Crippen LogP contribution in [0.15, 0.2) is 12.4 Å². The second-order valence-electron chi connectivity index (χ2n) is 3.84. The van der Waals surface area contributed by atoms with E-state index in [9.17, 15) is 9.59 Å². The first-order chi connectivity index (χ1) is 9.67. The minimum absolute atomic E-state index is 0.112. The molecule has 0 atom stereocenters. The van der Waals surface area contributed by atoms with Gasteiger partial charge < -0.3 is 20.7 Å². The lowest BCUT2D eigenvalue weighted by Crippen LogP contribution is -2.38. The molecule has 2 amide bonds. The topological polar surface area (TPSA) is 105 Å². The number of methoxy groups -OCH3 is 1. The summed E-state index contributed by atoms with van der Waals surface area (Å²) in [6, 6.07) is 0. The number of anilines is 1. The number of amides is 2. The normalized spacial score (nSPS) is 9.90. The van der Waals surface area contributed by atoms with E-state index < -0.39 is 5.91 Å². The molecule has 1 aromatic heterocycles. The first kappa shape index (κ1) is 15.8. The molecule has 0 radical (unpaired) electrons. The van der Waals surface area contributed by atoms with Gasteiger partial charge in [-0.1, -0.05) is 0 Å². The molecule has 0 saturated carbocycles. The fourth-order valence-electron chi connectivity index (χ4n) is 1.32. The molecular weight excluding hydrogens is 262 g/mol. The number of hydrogen-bond donors (Lipinski definition) is 3. The second-order valence-corrected chi connectivity index (χ2v) is 3.84. The number of carbonyl (C=O) groups excluding carboxylic acids is 2. The van der Waals surface area contributed by atoms with Crippen molar-refractivity contribution in [3.05, 3.63) is 18.1 Å². The highest BCUT2D eigenvalue weighted by Gasteiger charge is 2.09. The summed E-state index contributed by atoms with van der Waals surface area (Å²) in [6.07, 6.45) is 2.83. The van der Waals surface area contributed by atoms with Crippen LogP contribution in [-0.2, 0) is 9.53 Å². The largest absolute Gasteiger partial charge is 0.383 e. The molecule has 0 unspecified atom stereocenters. The van der Waals surface area contributed by atoms with Gasteiger partial charge in [0, 0.05) is 20.2 Å². The molecule has 8 heteroatoms. The van der Waals surface area contributed by atoms with Gasteiger partial charge in [0.15, 0.2) is 0 Å². The third-order valence-electron chi connectivity index (χ3n) is 2.28. The Morgan fingerprint density at radius 1 is 1.25 bits per heavy atom. The Kier molecular flexibility index (Phi) is 6.97. The Morgan fingerprint density at radius 3 is 2.65 bits per heavy atom. The van der Waals surface area contributed by atoms with Crippen LogP contribution in [0.1, 0.15) is 17.4 Å². The zero-order chi connectivity index (χ0) is 14.8. The molecule has 1 aromatic rings. The number of nitrogens with one attached hydrogen (secondary N) is 3. The SMILES string of the molecule is CCNc1cnc(C(=O)NCC(=O)NCCOC)cn1. The predicted octanol–water partition coefficient (Wildman–Crippen LogP) is -0.599. The van der Waals surface area contributed by atoms with E-state index >= 15 is 0 Å². The van der Waals surface area contributed by atoms with E-state index in [2.05, 4.69) is 25.9 Å². The lowest BCUT2D eigenvalue weighted by Gasteiger charge is -2.06. The molecule has 0 aliphatic rings. The summed E-state index contributed by atoms with van der Waals surface area (Å²) in [5.41, 5.74) is 0.163. The van der Waals surface area contributed by atoms with Crippen LogP contribution in [0.2, 0.25) is 0 Å². The van der Waals surface area contributed by atoms with Gasteiger partial charge >= 0.3 is 0 Å². The number of hydrogen-bond acceptors (Lipinski definition) is 6. The van der Waals surface area contributed by atoms with Crippen LogP contribution in [0.3, 0.4) is 0 Å². The van der Waals surface area contributed by atoms with Crippen molar-refractivity contribution >= 4 is 17.6 Å². The molecule has 3 N–H and O–H groups in total. The second kappa shape index (κ2) is 8.81. The molecule has 110 valence electrons. The monoisotopic (exact) mass is 281 g/mol. The summed E-state index contributed by atoms with van der Waals surface area (Å²) in [4.78, 5) is 31.1. The van der Waals surface area contributed by atoms with E-state index in [1.807, 2.05) is 6.92 Å². The lowest BCUT2D eigenvalue weighted by molar-refractivity contribution is -0.120. The summed E-state index contributed by atoms with van der Waals surface area (Å²) in [6.45, 7) is 3.38. The summed E-state index contributed by atoms with van der Waals surface area (Å²) in [7, 11) is 1.55. The molecule has 20 heavy (non-hydrogen) atoms. The van der Waals surface area contributed by atoms with Crippen LogP contribution in [0, 0.1) is 0 Å². The fourth-order valence-corrected chi connectivity index (χ4v) is 1.32.